The van der Waals surface area contributed by atoms with Crippen LogP contribution in [-0.2, 0) is 10.0 Å². The second kappa shape index (κ2) is 6.87. The fourth-order valence-corrected chi connectivity index (χ4v) is 2.79. The van der Waals surface area contributed by atoms with E-state index in [1.807, 2.05) is 6.92 Å². The van der Waals surface area contributed by atoms with Gasteiger partial charge in [0.25, 0.3) is 0 Å². The zero-order chi connectivity index (χ0) is 17.0. The molecule has 0 fully saturated rings. The van der Waals surface area contributed by atoms with Crippen molar-refractivity contribution in [2.45, 2.75) is 13.0 Å². The summed E-state index contributed by atoms with van der Waals surface area (Å²) in [7, 11) is -1.98. The Morgan fingerprint density at radius 1 is 1.17 bits per heavy atom. The molecule has 0 amide bonds. The standard InChI is InChI=1S/C16H19FN2O3S/c1-11(13-6-4-5-7-14(13)17)18-12-8-9-16(22-2)15(10-12)19-23(3,20)21/h4-11,18-19H,1-3H3/t11-/m1/s1. The summed E-state index contributed by atoms with van der Waals surface area (Å²) < 4.78 is 44.2. The van der Waals surface area contributed by atoms with E-state index < -0.39 is 10.0 Å². The van der Waals surface area contributed by atoms with Crippen LogP contribution in [0.15, 0.2) is 42.5 Å². The summed E-state index contributed by atoms with van der Waals surface area (Å²) in [4.78, 5) is 0. The molecule has 2 rings (SSSR count). The summed E-state index contributed by atoms with van der Waals surface area (Å²) in [5, 5.41) is 3.15. The number of ether oxygens (including phenoxy) is 1. The van der Waals surface area contributed by atoms with Crippen molar-refractivity contribution in [2.24, 2.45) is 0 Å². The molecule has 0 aliphatic heterocycles. The molecule has 2 aromatic rings. The van der Waals surface area contributed by atoms with E-state index in [-0.39, 0.29) is 11.9 Å². The third-order valence-electron chi connectivity index (χ3n) is 3.25. The Morgan fingerprint density at radius 3 is 2.48 bits per heavy atom. The summed E-state index contributed by atoms with van der Waals surface area (Å²) in [5.74, 6) is 0.106. The summed E-state index contributed by atoms with van der Waals surface area (Å²) in [5.41, 5.74) is 1.49. The number of sulfonamides is 1. The zero-order valence-corrected chi connectivity index (χ0v) is 13.9. The topological polar surface area (TPSA) is 67.4 Å². The Kier molecular flexibility index (Phi) is 5.10. The molecule has 2 N–H and O–H groups in total. The van der Waals surface area contributed by atoms with Gasteiger partial charge in [-0.1, -0.05) is 18.2 Å². The minimum Gasteiger partial charge on any atom is -0.495 e. The van der Waals surface area contributed by atoms with Gasteiger partial charge in [0.2, 0.25) is 10.0 Å². The lowest BCUT2D eigenvalue weighted by molar-refractivity contribution is 0.417. The molecule has 0 unspecified atom stereocenters. The molecule has 0 bridgehead atoms. The minimum atomic E-state index is -3.43. The molecule has 0 saturated heterocycles. The Labute approximate surface area is 135 Å². The van der Waals surface area contributed by atoms with Crippen LogP contribution in [0.25, 0.3) is 0 Å². The molecule has 0 aromatic heterocycles. The summed E-state index contributed by atoms with van der Waals surface area (Å²) >= 11 is 0. The monoisotopic (exact) mass is 338 g/mol. The van der Waals surface area contributed by atoms with Crippen molar-refractivity contribution < 1.29 is 17.5 Å². The Hall–Kier alpha value is -2.28. The zero-order valence-electron chi connectivity index (χ0n) is 13.1. The predicted octanol–water partition coefficient (Wildman–Crippen LogP) is 3.38. The molecular weight excluding hydrogens is 319 g/mol. The molecule has 1 atom stereocenters. The van der Waals surface area contributed by atoms with Crippen LogP contribution in [0, 0.1) is 5.82 Å². The van der Waals surface area contributed by atoms with E-state index in [1.54, 1.807) is 36.4 Å². The third kappa shape index (κ3) is 4.59. The highest BCUT2D eigenvalue weighted by atomic mass is 32.2. The quantitative estimate of drug-likeness (QED) is 0.847. The van der Waals surface area contributed by atoms with Gasteiger partial charge < -0.3 is 10.1 Å². The van der Waals surface area contributed by atoms with Gasteiger partial charge in [0.1, 0.15) is 11.6 Å². The first kappa shape index (κ1) is 17.1. The second-order valence-electron chi connectivity index (χ2n) is 5.18. The number of anilines is 2. The van der Waals surface area contributed by atoms with Crippen molar-refractivity contribution in [3.8, 4) is 5.75 Å². The highest BCUT2D eigenvalue weighted by Gasteiger charge is 2.13. The molecule has 0 heterocycles. The maximum atomic E-state index is 13.8. The molecule has 5 nitrogen and oxygen atoms in total. The average molecular weight is 338 g/mol. The maximum Gasteiger partial charge on any atom is 0.229 e. The fourth-order valence-electron chi connectivity index (χ4n) is 2.23. The van der Waals surface area contributed by atoms with Crippen molar-refractivity contribution in [1.29, 1.82) is 0 Å². The first-order valence-corrected chi connectivity index (χ1v) is 8.86. The molecule has 0 saturated carbocycles. The van der Waals surface area contributed by atoms with Crippen LogP contribution in [0.2, 0.25) is 0 Å². The molecule has 124 valence electrons. The lowest BCUT2D eigenvalue weighted by Crippen LogP contribution is -2.12. The Morgan fingerprint density at radius 2 is 1.87 bits per heavy atom. The van der Waals surface area contributed by atoms with Gasteiger partial charge >= 0.3 is 0 Å². The summed E-state index contributed by atoms with van der Waals surface area (Å²) in [6, 6.07) is 11.2. The number of hydrogen-bond acceptors (Lipinski definition) is 4. The molecule has 0 aliphatic rings. The van der Waals surface area contributed by atoms with Crippen molar-refractivity contribution in [2.75, 3.05) is 23.4 Å². The minimum absolute atomic E-state index is 0.282. The number of rotatable bonds is 6. The van der Waals surface area contributed by atoms with Crippen LogP contribution in [-0.4, -0.2) is 21.8 Å². The highest BCUT2D eigenvalue weighted by molar-refractivity contribution is 7.92. The normalized spacial score (nSPS) is 12.5. The molecular formula is C16H19FN2O3S. The first-order chi connectivity index (χ1) is 10.8. The van der Waals surface area contributed by atoms with Gasteiger partial charge in [-0.05, 0) is 31.2 Å². The average Bonchev–Trinajstić information content (AvgIpc) is 2.46. The summed E-state index contributed by atoms with van der Waals surface area (Å²) in [6.07, 6.45) is 1.06. The van der Waals surface area contributed by atoms with E-state index in [0.717, 1.165) is 6.26 Å². The van der Waals surface area contributed by atoms with Crippen LogP contribution >= 0.6 is 0 Å². The van der Waals surface area contributed by atoms with Gasteiger partial charge in [-0.25, -0.2) is 12.8 Å². The lowest BCUT2D eigenvalue weighted by atomic mass is 10.1. The lowest BCUT2D eigenvalue weighted by Gasteiger charge is -2.18. The first-order valence-electron chi connectivity index (χ1n) is 6.97. The van der Waals surface area contributed by atoms with Gasteiger partial charge in [0.05, 0.1) is 25.1 Å². The van der Waals surface area contributed by atoms with Crippen molar-refractivity contribution >= 4 is 21.4 Å². The maximum absolute atomic E-state index is 13.8. The molecule has 7 heteroatoms. The molecule has 0 aliphatic carbocycles. The van der Waals surface area contributed by atoms with Crippen molar-refractivity contribution in [3.05, 3.63) is 53.8 Å². The Bertz CT molecular complexity index is 794. The summed E-state index contributed by atoms with van der Waals surface area (Å²) in [6.45, 7) is 1.83. The van der Waals surface area contributed by atoms with E-state index >= 15 is 0 Å². The van der Waals surface area contributed by atoms with E-state index in [1.165, 1.54) is 13.2 Å². The van der Waals surface area contributed by atoms with Gasteiger partial charge in [-0.15, -0.1) is 0 Å². The number of hydrogen-bond donors (Lipinski definition) is 2. The SMILES string of the molecule is COc1ccc(N[C@H](C)c2ccccc2F)cc1NS(C)(=O)=O. The van der Waals surface area contributed by atoms with Gasteiger partial charge in [-0.3, -0.25) is 4.72 Å². The fraction of sp³-hybridized carbons (Fsp3) is 0.250. The van der Waals surface area contributed by atoms with Crippen molar-refractivity contribution in [1.82, 2.24) is 0 Å². The predicted molar refractivity (Wildman–Crippen MR) is 89.9 cm³/mol. The van der Waals surface area contributed by atoms with Crippen LogP contribution in [0.5, 0.6) is 5.75 Å². The van der Waals surface area contributed by atoms with Crippen LogP contribution < -0.4 is 14.8 Å². The molecule has 0 spiro atoms. The molecule has 0 radical (unpaired) electrons. The highest BCUT2D eigenvalue weighted by Crippen LogP contribution is 2.30. The van der Waals surface area contributed by atoms with Gasteiger partial charge in [0.15, 0.2) is 0 Å². The van der Waals surface area contributed by atoms with E-state index in [9.17, 15) is 12.8 Å². The van der Waals surface area contributed by atoms with Crippen LogP contribution in [0.4, 0.5) is 15.8 Å². The van der Waals surface area contributed by atoms with E-state index in [2.05, 4.69) is 10.0 Å². The second-order valence-corrected chi connectivity index (χ2v) is 6.93. The Balaban J connectivity index is 2.27. The van der Waals surface area contributed by atoms with Crippen molar-refractivity contribution in [3.63, 3.8) is 0 Å². The van der Waals surface area contributed by atoms with E-state index in [0.29, 0.717) is 22.7 Å². The molecule has 2 aromatic carbocycles. The number of nitrogens with one attached hydrogen (secondary N) is 2. The number of halogens is 1. The van der Waals surface area contributed by atoms with E-state index in [4.69, 9.17) is 4.74 Å². The smallest absolute Gasteiger partial charge is 0.229 e. The number of benzene rings is 2. The van der Waals surface area contributed by atoms with Crippen LogP contribution in [0.3, 0.4) is 0 Å². The largest absolute Gasteiger partial charge is 0.495 e. The van der Waals surface area contributed by atoms with Gasteiger partial charge in [0, 0.05) is 11.3 Å². The number of methoxy groups -OCH3 is 1. The van der Waals surface area contributed by atoms with Gasteiger partial charge in [-0.2, -0.15) is 0 Å². The third-order valence-corrected chi connectivity index (χ3v) is 3.84. The molecule has 23 heavy (non-hydrogen) atoms. The van der Waals surface area contributed by atoms with Crippen LogP contribution in [0.1, 0.15) is 18.5 Å².